The van der Waals surface area contributed by atoms with Crippen molar-refractivity contribution in [1.29, 1.82) is 0 Å². The third kappa shape index (κ3) is 6.48. The first kappa shape index (κ1) is 29.4. The minimum absolute atomic E-state index is 0.0551. The summed E-state index contributed by atoms with van der Waals surface area (Å²) in [6, 6.07) is 16.5. The van der Waals surface area contributed by atoms with Crippen molar-refractivity contribution in [3.8, 4) is 5.75 Å². The normalized spacial score (nSPS) is 21.3. The van der Waals surface area contributed by atoms with E-state index in [0.29, 0.717) is 38.8 Å². The van der Waals surface area contributed by atoms with Gasteiger partial charge in [-0.1, -0.05) is 42.5 Å². The fourth-order valence-electron chi connectivity index (χ4n) is 6.13. The highest BCUT2D eigenvalue weighted by Gasteiger charge is 2.44. The number of nitrogens with one attached hydrogen (secondary N) is 2. The van der Waals surface area contributed by atoms with Gasteiger partial charge >= 0.3 is 0 Å². The Morgan fingerprint density at radius 2 is 1.60 bits per heavy atom. The molecular weight excluding hydrogens is 558 g/mol. The van der Waals surface area contributed by atoms with Gasteiger partial charge in [0.2, 0.25) is 5.82 Å². The van der Waals surface area contributed by atoms with E-state index in [0.717, 1.165) is 53.8 Å². The van der Waals surface area contributed by atoms with Gasteiger partial charge in [-0.25, -0.2) is 13.2 Å². The van der Waals surface area contributed by atoms with Crippen LogP contribution in [0.5, 0.6) is 5.75 Å². The van der Waals surface area contributed by atoms with Crippen LogP contribution in [0.15, 0.2) is 72.3 Å². The second kappa shape index (κ2) is 12.5. The number of carbonyl (C=O) groups is 1. The van der Waals surface area contributed by atoms with Gasteiger partial charge in [0.15, 0.2) is 17.4 Å². The SMILES string of the molecule is O=C(C1=CCC2(c3ccc(CCCOc4c(F)ccc(F)c4F)cc3)CNCC1N2)N(CCc1ccc(F)cc1)C1CC1. The minimum atomic E-state index is -1.31. The molecule has 2 aliphatic heterocycles. The Kier molecular flexibility index (Phi) is 8.54. The van der Waals surface area contributed by atoms with Crippen LogP contribution in [0.25, 0.3) is 0 Å². The first-order chi connectivity index (χ1) is 20.8. The Labute approximate surface area is 248 Å². The molecule has 2 N–H and O–H groups in total. The first-order valence-electron chi connectivity index (χ1n) is 14.9. The van der Waals surface area contributed by atoms with Crippen molar-refractivity contribution < 1.29 is 27.1 Å². The van der Waals surface area contributed by atoms with E-state index >= 15 is 0 Å². The highest BCUT2D eigenvalue weighted by Crippen LogP contribution is 2.36. The van der Waals surface area contributed by atoms with Gasteiger partial charge in [0, 0.05) is 31.2 Å². The molecule has 3 aromatic carbocycles. The monoisotopic (exact) mass is 593 g/mol. The molecule has 43 heavy (non-hydrogen) atoms. The minimum Gasteiger partial charge on any atom is -0.488 e. The van der Waals surface area contributed by atoms with Crippen molar-refractivity contribution in [2.75, 3.05) is 26.2 Å². The van der Waals surface area contributed by atoms with Crippen LogP contribution in [0, 0.1) is 23.3 Å². The van der Waals surface area contributed by atoms with Crippen LogP contribution in [0.2, 0.25) is 0 Å². The molecule has 2 unspecified atom stereocenters. The quantitative estimate of drug-likeness (QED) is 0.173. The van der Waals surface area contributed by atoms with Gasteiger partial charge < -0.3 is 15.0 Å². The van der Waals surface area contributed by atoms with Gasteiger partial charge in [-0.2, -0.15) is 4.39 Å². The fraction of sp³-hybridized carbons (Fsp3) is 0.382. The molecular formula is C34H35F4N3O2. The Morgan fingerprint density at radius 1 is 0.907 bits per heavy atom. The summed E-state index contributed by atoms with van der Waals surface area (Å²) in [5.41, 5.74) is 3.65. The van der Waals surface area contributed by atoms with Crippen LogP contribution in [0.4, 0.5) is 17.6 Å². The van der Waals surface area contributed by atoms with Crippen LogP contribution in [-0.4, -0.2) is 49.1 Å². The Morgan fingerprint density at radius 3 is 2.35 bits per heavy atom. The summed E-state index contributed by atoms with van der Waals surface area (Å²) in [4.78, 5) is 15.8. The maximum Gasteiger partial charge on any atom is 0.251 e. The predicted octanol–water partition coefficient (Wildman–Crippen LogP) is 5.58. The maximum atomic E-state index is 13.8. The Balaban J connectivity index is 1.07. The zero-order valence-corrected chi connectivity index (χ0v) is 23.9. The lowest BCUT2D eigenvalue weighted by atomic mass is 9.78. The number of aryl methyl sites for hydroxylation is 1. The molecule has 0 radical (unpaired) electrons. The molecule has 3 aliphatic rings. The van der Waals surface area contributed by atoms with Crippen molar-refractivity contribution in [3.63, 3.8) is 0 Å². The third-order valence-electron chi connectivity index (χ3n) is 8.69. The lowest BCUT2D eigenvalue weighted by Crippen LogP contribution is -2.65. The number of nitrogens with zero attached hydrogens (tertiary/aromatic N) is 1. The highest BCUT2D eigenvalue weighted by atomic mass is 19.2. The maximum absolute atomic E-state index is 13.8. The van der Waals surface area contributed by atoms with Gasteiger partial charge in [-0.3, -0.25) is 10.1 Å². The lowest BCUT2D eigenvalue weighted by molar-refractivity contribution is -0.128. The van der Waals surface area contributed by atoms with E-state index in [1.54, 1.807) is 12.1 Å². The van der Waals surface area contributed by atoms with E-state index in [2.05, 4.69) is 28.8 Å². The van der Waals surface area contributed by atoms with Crippen molar-refractivity contribution in [3.05, 3.63) is 112 Å². The lowest BCUT2D eigenvalue weighted by Gasteiger charge is -2.47. The molecule has 2 bridgehead atoms. The molecule has 0 spiro atoms. The van der Waals surface area contributed by atoms with Crippen LogP contribution in [0.3, 0.4) is 0 Å². The first-order valence-corrected chi connectivity index (χ1v) is 14.9. The molecule has 1 aliphatic carbocycles. The van der Waals surface area contributed by atoms with Crippen LogP contribution in [-0.2, 0) is 23.2 Å². The number of fused-ring (bicyclic) bond motifs is 2. The molecule has 2 heterocycles. The van der Waals surface area contributed by atoms with E-state index in [1.807, 2.05) is 17.0 Å². The molecule has 0 aromatic heterocycles. The van der Waals surface area contributed by atoms with Gasteiger partial charge in [0.25, 0.3) is 5.91 Å². The molecule has 1 saturated heterocycles. The smallest absolute Gasteiger partial charge is 0.251 e. The zero-order chi connectivity index (χ0) is 30.0. The summed E-state index contributed by atoms with van der Waals surface area (Å²) in [7, 11) is 0. The summed E-state index contributed by atoms with van der Waals surface area (Å²) in [6.07, 6.45) is 6.63. The van der Waals surface area contributed by atoms with E-state index < -0.39 is 23.2 Å². The summed E-state index contributed by atoms with van der Waals surface area (Å²) >= 11 is 0. The molecule has 2 atom stereocenters. The fourth-order valence-corrected chi connectivity index (χ4v) is 6.13. The average Bonchev–Trinajstić information content (AvgIpc) is 3.86. The molecule has 2 fully saturated rings. The van der Waals surface area contributed by atoms with E-state index in [1.165, 1.54) is 12.1 Å². The van der Waals surface area contributed by atoms with Gasteiger partial charge in [-0.15, -0.1) is 0 Å². The predicted molar refractivity (Wildman–Crippen MR) is 156 cm³/mol. The number of benzene rings is 3. The molecule has 6 rings (SSSR count). The molecule has 5 nitrogen and oxygen atoms in total. The van der Waals surface area contributed by atoms with Crippen molar-refractivity contribution in [1.82, 2.24) is 15.5 Å². The number of amides is 1. The topological polar surface area (TPSA) is 53.6 Å². The summed E-state index contributed by atoms with van der Waals surface area (Å²) in [5.74, 6) is -4.25. The molecule has 1 amide bonds. The molecule has 3 aromatic rings. The standard InChI is InChI=1S/C34H35F4N3O2/c35-25-9-5-23(6-10-25)16-18-41(26-11-12-26)33(42)27-15-17-34(21-39-20-30(27)40-34)24-7-3-22(4-8-24)2-1-19-43-32-29(37)14-13-28(36)31(32)38/h3-10,13-15,26,30,39-40H,1-2,11-12,16-21H2. The van der Waals surface area contributed by atoms with Crippen LogP contribution < -0.4 is 15.4 Å². The van der Waals surface area contributed by atoms with E-state index in [9.17, 15) is 22.4 Å². The van der Waals surface area contributed by atoms with Crippen molar-refractivity contribution in [2.45, 2.75) is 56.1 Å². The van der Waals surface area contributed by atoms with Crippen LogP contribution >= 0.6 is 0 Å². The van der Waals surface area contributed by atoms with Crippen molar-refractivity contribution in [2.24, 2.45) is 0 Å². The third-order valence-corrected chi connectivity index (χ3v) is 8.69. The molecule has 226 valence electrons. The largest absolute Gasteiger partial charge is 0.488 e. The number of rotatable bonds is 11. The average molecular weight is 594 g/mol. The van der Waals surface area contributed by atoms with Gasteiger partial charge in [0.1, 0.15) is 5.82 Å². The Bertz CT molecular complexity index is 1490. The van der Waals surface area contributed by atoms with Gasteiger partial charge in [-0.05, 0) is 79.5 Å². The molecule has 9 heteroatoms. The van der Waals surface area contributed by atoms with Gasteiger partial charge in [0.05, 0.1) is 18.2 Å². The number of carbonyl (C=O) groups excluding carboxylic acids is 1. The summed E-state index contributed by atoms with van der Waals surface area (Å²) in [6.45, 7) is 2.06. The number of hydrogen-bond donors (Lipinski definition) is 2. The second-order valence-electron chi connectivity index (χ2n) is 11.7. The number of ether oxygens (including phenoxy) is 1. The molecule has 1 saturated carbocycles. The summed E-state index contributed by atoms with van der Waals surface area (Å²) < 4.78 is 59.5. The van der Waals surface area contributed by atoms with E-state index in [4.69, 9.17) is 4.74 Å². The second-order valence-corrected chi connectivity index (χ2v) is 11.7. The number of hydrogen-bond acceptors (Lipinski definition) is 4. The van der Waals surface area contributed by atoms with Crippen LogP contribution in [0.1, 0.15) is 42.4 Å². The number of halogens is 4. The Hall–Kier alpha value is -3.69. The van der Waals surface area contributed by atoms with Crippen molar-refractivity contribution >= 4 is 5.91 Å². The highest BCUT2D eigenvalue weighted by molar-refractivity contribution is 5.95. The zero-order valence-electron chi connectivity index (χ0n) is 23.9. The summed E-state index contributed by atoms with van der Waals surface area (Å²) in [5, 5.41) is 7.30. The van der Waals surface area contributed by atoms with E-state index in [-0.39, 0.29) is 36.0 Å². The number of piperazine rings is 1.